The molecule has 0 radical (unpaired) electrons. The molecular weight excluding hydrogens is 282 g/mol. The highest BCUT2D eigenvalue weighted by atomic mass is 19.1. The van der Waals surface area contributed by atoms with E-state index in [1.165, 1.54) is 12.0 Å². The summed E-state index contributed by atoms with van der Waals surface area (Å²) >= 11 is 0. The predicted octanol–water partition coefficient (Wildman–Crippen LogP) is 2.24. The second kappa shape index (κ2) is 6.07. The molecule has 1 N–H and O–H groups in total. The van der Waals surface area contributed by atoms with Crippen molar-refractivity contribution in [1.82, 2.24) is 4.90 Å². The van der Waals surface area contributed by atoms with E-state index in [0.717, 1.165) is 12.1 Å². The molecule has 0 aliphatic carbocycles. The van der Waals surface area contributed by atoms with Crippen molar-refractivity contribution < 1.29 is 23.1 Å². The topological polar surface area (TPSA) is 58.6 Å². The van der Waals surface area contributed by atoms with Gasteiger partial charge in [0.1, 0.15) is 11.6 Å². The average Bonchev–Trinajstić information content (AvgIpc) is 2.83. The van der Waals surface area contributed by atoms with E-state index in [2.05, 4.69) is 10.1 Å². The number of hydrogen-bond donors (Lipinski definition) is 1. The van der Waals surface area contributed by atoms with E-state index in [0.29, 0.717) is 12.6 Å². The summed E-state index contributed by atoms with van der Waals surface area (Å²) in [5, 5.41) is 2.37. The molecule has 0 saturated carbocycles. The third-order valence-corrected chi connectivity index (χ3v) is 3.58. The van der Waals surface area contributed by atoms with Crippen LogP contribution in [0, 0.1) is 23.5 Å². The summed E-state index contributed by atoms with van der Waals surface area (Å²) in [6.07, 6.45) is 0. The number of anilines is 1. The molecule has 1 aromatic carbocycles. The van der Waals surface area contributed by atoms with Crippen molar-refractivity contribution in [3.63, 3.8) is 0 Å². The molecule has 5 nitrogen and oxygen atoms in total. The normalized spacial score (nSPS) is 21.2. The minimum Gasteiger partial charge on any atom is -0.469 e. The number of rotatable bonds is 2. The number of likely N-dealkylation sites (tertiary alicyclic amines) is 1. The highest BCUT2D eigenvalue weighted by Gasteiger charge is 2.37. The van der Waals surface area contributed by atoms with E-state index in [1.807, 2.05) is 6.92 Å². The molecule has 1 aliphatic rings. The van der Waals surface area contributed by atoms with E-state index in [4.69, 9.17) is 0 Å². The molecule has 2 amide bonds. The van der Waals surface area contributed by atoms with Crippen LogP contribution >= 0.6 is 0 Å². The van der Waals surface area contributed by atoms with E-state index in [1.54, 1.807) is 0 Å². The molecular formula is C14H16F2N2O3. The Morgan fingerprint density at radius 1 is 1.33 bits per heavy atom. The Morgan fingerprint density at radius 2 is 2.05 bits per heavy atom. The highest BCUT2D eigenvalue weighted by Crippen LogP contribution is 2.25. The van der Waals surface area contributed by atoms with Crippen LogP contribution in [0.5, 0.6) is 0 Å². The Morgan fingerprint density at radius 3 is 2.67 bits per heavy atom. The molecule has 0 aromatic heterocycles. The van der Waals surface area contributed by atoms with Gasteiger partial charge >= 0.3 is 12.0 Å². The molecule has 1 aliphatic heterocycles. The zero-order valence-corrected chi connectivity index (χ0v) is 11.7. The van der Waals surface area contributed by atoms with Crippen LogP contribution < -0.4 is 5.32 Å². The van der Waals surface area contributed by atoms with Crippen molar-refractivity contribution in [1.29, 1.82) is 0 Å². The Kier molecular flexibility index (Phi) is 4.40. The number of urea groups is 1. The summed E-state index contributed by atoms with van der Waals surface area (Å²) in [7, 11) is 1.30. The monoisotopic (exact) mass is 298 g/mol. The number of nitrogens with one attached hydrogen (secondary N) is 1. The van der Waals surface area contributed by atoms with E-state index < -0.39 is 17.7 Å². The third kappa shape index (κ3) is 3.29. The van der Waals surface area contributed by atoms with Crippen LogP contribution in [0.4, 0.5) is 19.3 Å². The number of ether oxygens (including phenoxy) is 1. The van der Waals surface area contributed by atoms with Crippen LogP contribution in [-0.4, -0.2) is 37.1 Å². The Bertz CT molecular complexity index is 565. The Balaban J connectivity index is 2.03. The van der Waals surface area contributed by atoms with Gasteiger partial charge in [0, 0.05) is 19.2 Å². The molecule has 2 unspecified atom stereocenters. The van der Waals surface area contributed by atoms with Gasteiger partial charge in [-0.05, 0) is 18.1 Å². The smallest absolute Gasteiger partial charge is 0.321 e. The number of hydrogen-bond acceptors (Lipinski definition) is 3. The molecule has 0 spiro atoms. The molecule has 114 valence electrons. The van der Waals surface area contributed by atoms with Crippen molar-refractivity contribution >= 4 is 17.7 Å². The molecule has 0 bridgehead atoms. The van der Waals surface area contributed by atoms with Crippen molar-refractivity contribution in [3.8, 4) is 0 Å². The fourth-order valence-corrected chi connectivity index (χ4v) is 2.38. The maximum Gasteiger partial charge on any atom is 0.321 e. The summed E-state index contributed by atoms with van der Waals surface area (Å²) < 4.78 is 31.0. The first-order valence-corrected chi connectivity index (χ1v) is 6.51. The highest BCUT2D eigenvalue weighted by molar-refractivity contribution is 5.90. The summed E-state index contributed by atoms with van der Waals surface area (Å²) in [4.78, 5) is 25.0. The van der Waals surface area contributed by atoms with Gasteiger partial charge in [-0.1, -0.05) is 6.92 Å². The quantitative estimate of drug-likeness (QED) is 0.852. The number of esters is 1. The summed E-state index contributed by atoms with van der Waals surface area (Å²) in [6.45, 7) is 2.42. The van der Waals surface area contributed by atoms with Crippen LogP contribution in [0.25, 0.3) is 0 Å². The lowest BCUT2D eigenvalue weighted by molar-refractivity contribution is -0.145. The minimum absolute atomic E-state index is 0.0405. The number of amides is 2. The second-order valence-corrected chi connectivity index (χ2v) is 5.07. The largest absolute Gasteiger partial charge is 0.469 e. The van der Waals surface area contributed by atoms with Gasteiger partial charge in [0.15, 0.2) is 0 Å². The lowest BCUT2D eigenvalue weighted by atomic mass is 9.99. The number of nitrogens with zero attached hydrogens (tertiary/aromatic N) is 1. The zero-order chi connectivity index (χ0) is 15.6. The Hall–Kier alpha value is -2.18. The molecule has 21 heavy (non-hydrogen) atoms. The van der Waals surface area contributed by atoms with Gasteiger partial charge in [0.05, 0.1) is 18.7 Å². The summed E-state index contributed by atoms with van der Waals surface area (Å²) in [5.41, 5.74) is -0.101. The third-order valence-electron chi connectivity index (χ3n) is 3.58. The minimum atomic E-state index is -0.847. The van der Waals surface area contributed by atoms with Gasteiger partial charge in [-0.25, -0.2) is 13.6 Å². The van der Waals surface area contributed by atoms with Gasteiger partial charge in [-0.3, -0.25) is 4.79 Å². The maximum absolute atomic E-state index is 13.5. The SMILES string of the molecule is COC(=O)C1CN(C(=O)Nc2ccc(F)cc2F)CC1C. The van der Waals surface area contributed by atoms with Crippen molar-refractivity contribution in [2.24, 2.45) is 11.8 Å². The number of benzene rings is 1. The van der Waals surface area contributed by atoms with Crippen LogP contribution in [0.2, 0.25) is 0 Å². The lowest BCUT2D eigenvalue weighted by Gasteiger charge is -2.17. The standard InChI is InChI=1S/C14H16F2N2O3/c1-8-6-18(7-10(8)13(19)21-2)14(20)17-12-4-3-9(15)5-11(12)16/h3-5,8,10H,6-7H2,1-2H3,(H,17,20). The molecule has 1 fully saturated rings. The summed E-state index contributed by atoms with van der Waals surface area (Å²) in [6, 6.07) is 2.38. The molecule has 7 heteroatoms. The number of carbonyl (C=O) groups is 2. The molecule has 1 heterocycles. The number of halogens is 2. The van der Waals surface area contributed by atoms with Crippen LogP contribution in [-0.2, 0) is 9.53 Å². The van der Waals surface area contributed by atoms with Crippen LogP contribution in [0.1, 0.15) is 6.92 Å². The van der Waals surface area contributed by atoms with Crippen molar-refractivity contribution in [2.75, 3.05) is 25.5 Å². The number of methoxy groups -OCH3 is 1. The van der Waals surface area contributed by atoms with Gasteiger partial charge in [0.2, 0.25) is 0 Å². The van der Waals surface area contributed by atoms with Crippen LogP contribution in [0.3, 0.4) is 0 Å². The van der Waals surface area contributed by atoms with Crippen LogP contribution in [0.15, 0.2) is 18.2 Å². The average molecular weight is 298 g/mol. The second-order valence-electron chi connectivity index (χ2n) is 5.07. The summed E-state index contributed by atoms with van der Waals surface area (Å²) in [5.74, 6) is -2.36. The molecule has 2 atom stereocenters. The Labute approximate surface area is 120 Å². The predicted molar refractivity (Wildman–Crippen MR) is 71.6 cm³/mol. The molecule has 1 saturated heterocycles. The maximum atomic E-state index is 13.5. The lowest BCUT2D eigenvalue weighted by Crippen LogP contribution is -2.34. The van der Waals surface area contributed by atoms with E-state index in [9.17, 15) is 18.4 Å². The van der Waals surface area contributed by atoms with E-state index in [-0.39, 0.29) is 30.0 Å². The first kappa shape index (κ1) is 15.2. The van der Waals surface area contributed by atoms with Gasteiger partial charge < -0.3 is 15.0 Å². The first-order valence-electron chi connectivity index (χ1n) is 6.51. The molecule has 2 rings (SSSR count). The van der Waals surface area contributed by atoms with Crippen molar-refractivity contribution in [3.05, 3.63) is 29.8 Å². The molecule has 1 aromatic rings. The first-order chi connectivity index (χ1) is 9.92. The fraction of sp³-hybridized carbons (Fsp3) is 0.429. The fourth-order valence-electron chi connectivity index (χ4n) is 2.38. The van der Waals surface area contributed by atoms with E-state index >= 15 is 0 Å². The van der Waals surface area contributed by atoms with Gasteiger partial charge in [0.25, 0.3) is 0 Å². The zero-order valence-electron chi connectivity index (χ0n) is 11.7. The van der Waals surface area contributed by atoms with Gasteiger partial charge in [-0.15, -0.1) is 0 Å². The van der Waals surface area contributed by atoms with Gasteiger partial charge in [-0.2, -0.15) is 0 Å². The van der Waals surface area contributed by atoms with Crippen molar-refractivity contribution in [2.45, 2.75) is 6.92 Å². The number of carbonyl (C=O) groups excluding carboxylic acids is 2.